The second-order valence-corrected chi connectivity index (χ2v) is 7.04. The van der Waals surface area contributed by atoms with Crippen LogP contribution in [0.1, 0.15) is 26.7 Å². The van der Waals surface area contributed by atoms with Crippen molar-refractivity contribution in [2.75, 3.05) is 6.54 Å². The van der Waals surface area contributed by atoms with E-state index in [0.717, 1.165) is 35.3 Å². The first-order chi connectivity index (χ1) is 11.4. The SMILES string of the molecule is CC1(C)CC(NCC(=O)O)=C/C(=N/c2cccc3ccccc23)C1. The van der Waals surface area contributed by atoms with E-state index in [9.17, 15) is 4.79 Å². The van der Waals surface area contributed by atoms with Crippen LogP contribution in [-0.4, -0.2) is 23.3 Å². The smallest absolute Gasteiger partial charge is 0.322 e. The van der Waals surface area contributed by atoms with Crippen molar-refractivity contribution < 1.29 is 9.90 Å². The molecule has 3 rings (SSSR count). The number of carboxylic acids is 1. The quantitative estimate of drug-likeness (QED) is 0.882. The molecule has 24 heavy (non-hydrogen) atoms. The second kappa shape index (κ2) is 6.48. The molecule has 0 bridgehead atoms. The van der Waals surface area contributed by atoms with Crippen molar-refractivity contribution in [2.24, 2.45) is 10.4 Å². The van der Waals surface area contributed by atoms with Gasteiger partial charge in [0.2, 0.25) is 0 Å². The Morgan fingerprint density at radius 3 is 2.71 bits per heavy atom. The molecule has 2 N–H and O–H groups in total. The number of allylic oxidation sites excluding steroid dienone is 2. The third-order valence-electron chi connectivity index (χ3n) is 4.17. The summed E-state index contributed by atoms with van der Waals surface area (Å²) in [5.74, 6) is -0.855. The number of fused-ring (bicyclic) bond motifs is 1. The van der Waals surface area contributed by atoms with Gasteiger partial charge in [-0.1, -0.05) is 50.2 Å². The maximum absolute atomic E-state index is 10.8. The number of nitrogens with zero attached hydrogens (tertiary/aromatic N) is 1. The standard InChI is InChI=1S/C20H22N2O2/c1-20(2)11-15(21-13-19(23)24)10-16(12-20)22-18-9-5-7-14-6-3-4-8-17(14)18/h3-10,21H,11-13H2,1-2H3,(H,23,24)/b22-16-. The van der Waals surface area contributed by atoms with Gasteiger partial charge in [0.05, 0.1) is 5.69 Å². The van der Waals surface area contributed by atoms with Crippen molar-refractivity contribution in [3.05, 3.63) is 54.2 Å². The van der Waals surface area contributed by atoms with Crippen LogP contribution in [0.4, 0.5) is 5.69 Å². The molecule has 0 amide bonds. The molecule has 0 saturated carbocycles. The predicted octanol–water partition coefficient (Wildman–Crippen LogP) is 4.29. The van der Waals surface area contributed by atoms with Crippen LogP contribution in [0.15, 0.2) is 59.2 Å². The molecule has 2 aromatic rings. The van der Waals surface area contributed by atoms with E-state index >= 15 is 0 Å². The Bertz CT molecular complexity index is 829. The number of carboxylic acid groups (broad SMARTS) is 1. The molecule has 0 radical (unpaired) electrons. The molecule has 0 spiro atoms. The van der Waals surface area contributed by atoms with Gasteiger partial charge in [0.15, 0.2) is 0 Å². The van der Waals surface area contributed by atoms with Crippen molar-refractivity contribution >= 4 is 28.1 Å². The van der Waals surface area contributed by atoms with Gasteiger partial charge < -0.3 is 10.4 Å². The van der Waals surface area contributed by atoms with Crippen LogP contribution in [0.5, 0.6) is 0 Å². The zero-order valence-electron chi connectivity index (χ0n) is 14.0. The van der Waals surface area contributed by atoms with Gasteiger partial charge in [-0.05, 0) is 35.8 Å². The molecule has 0 atom stereocenters. The fourth-order valence-electron chi connectivity index (χ4n) is 3.21. The number of benzene rings is 2. The van der Waals surface area contributed by atoms with Crippen molar-refractivity contribution in [3.8, 4) is 0 Å². The Labute approximate surface area is 141 Å². The molecular weight excluding hydrogens is 300 g/mol. The van der Waals surface area contributed by atoms with Gasteiger partial charge in [-0.25, -0.2) is 0 Å². The van der Waals surface area contributed by atoms with Gasteiger partial charge in [-0.3, -0.25) is 9.79 Å². The van der Waals surface area contributed by atoms with Crippen LogP contribution >= 0.6 is 0 Å². The first-order valence-electron chi connectivity index (χ1n) is 8.14. The molecule has 1 aliphatic rings. The van der Waals surface area contributed by atoms with Crippen LogP contribution < -0.4 is 5.32 Å². The van der Waals surface area contributed by atoms with E-state index in [1.165, 1.54) is 5.39 Å². The maximum atomic E-state index is 10.8. The lowest BCUT2D eigenvalue weighted by molar-refractivity contribution is -0.135. The Morgan fingerprint density at radius 1 is 1.17 bits per heavy atom. The lowest BCUT2D eigenvalue weighted by Gasteiger charge is -2.31. The Balaban J connectivity index is 1.97. The average Bonchev–Trinajstić information content (AvgIpc) is 2.52. The van der Waals surface area contributed by atoms with Gasteiger partial charge in [-0.2, -0.15) is 0 Å². The van der Waals surface area contributed by atoms with Gasteiger partial charge in [0.1, 0.15) is 6.54 Å². The van der Waals surface area contributed by atoms with Crippen LogP contribution in [0.25, 0.3) is 10.8 Å². The number of carbonyl (C=O) groups is 1. The molecule has 1 aliphatic carbocycles. The topological polar surface area (TPSA) is 61.7 Å². The van der Waals surface area contributed by atoms with Crippen molar-refractivity contribution in [1.29, 1.82) is 0 Å². The number of aliphatic imine (C=N–C) groups is 1. The summed E-state index contributed by atoms with van der Waals surface area (Å²) >= 11 is 0. The minimum absolute atomic E-state index is 0.0546. The van der Waals surface area contributed by atoms with Gasteiger partial charge in [0.25, 0.3) is 0 Å². The van der Waals surface area contributed by atoms with Crippen molar-refractivity contribution in [3.63, 3.8) is 0 Å². The molecule has 4 heteroatoms. The Kier molecular flexibility index (Phi) is 4.38. The second-order valence-electron chi connectivity index (χ2n) is 7.04. The van der Waals surface area contributed by atoms with Crippen LogP contribution in [0, 0.1) is 5.41 Å². The summed E-state index contributed by atoms with van der Waals surface area (Å²) in [4.78, 5) is 15.7. The normalized spacial score (nSPS) is 18.4. The zero-order valence-corrected chi connectivity index (χ0v) is 14.0. The highest BCUT2D eigenvalue weighted by atomic mass is 16.4. The molecule has 0 aromatic heterocycles. The van der Waals surface area contributed by atoms with E-state index in [-0.39, 0.29) is 12.0 Å². The van der Waals surface area contributed by atoms with Crippen LogP contribution in [0.2, 0.25) is 0 Å². The predicted molar refractivity (Wildman–Crippen MR) is 97.8 cm³/mol. The van der Waals surface area contributed by atoms with E-state index in [0.29, 0.717) is 0 Å². The summed E-state index contributed by atoms with van der Waals surface area (Å²) in [7, 11) is 0. The van der Waals surface area contributed by atoms with Crippen LogP contribution in [0.3, 0.4) is 0 Å². The molecule has 4 nitrogen and oxygen atoms in total. The highest BCUT2D eigenvalue weighted by Gasteiger charge is 2.26. The van der Waals surface area contributed by atoms with Crippen molar-refractivity contribution in [2.45, 2.75) is 26.7 Å². The molecule has 124 valence electrons. The summed E-state index contributed by atoms with van der Waals surface area (Å²) in [5, 5.41) is 14.2. The monoisotopic (exact) mass is 322 g/mol. The summed E-state index contributed by atoms with van der Waals surface area (Å²) in [6, 6.07) is 14.3. The van der Waals surface area contributed by atoms with Gasteiger partial charge in [0, 0.05) is 16.8 Å². The van der Waals surface area contributed by atoms with E-state index in [2.05, 4.69) is 37.4 Å². The molecular formula is C20H22N2O2. The number of aliphatic carboxylic acids is 1. The Hall–Kier alpha value is -2.62. The summed E-state index contributed by atoms with van der Waals surface area (Å²) in [5.41, 5.74) is 2.93. The number of nitrogens with one attached hydrogen (secondary N) is 1. The molecule has 0 unspecified atom stereocenters. The van der Waals surface area contributed by atoms with Gasteiger partial charge >= 0.3 is 5.97 Å². The average molecular weight is 322 g/mol. The molecule has 0 heterocycles. The van der Waals surface area contributed by atoms with E-state index in [1.54, 1.807) is 0 Å². The third kappa shape index (κ3) is 3.82. The molecule has 2 aromatic carbocycles. The zero-order chi connectivity index (χ0) is 17.2. The summed E-state index contributed by atoms with van der Waals surface area (Å²) in [6.07, 6.45) is 3.69. The molecule has 0 fully saturated rings. The van der Waals surface area contributed by atoms with E-state index < -0.39 is 5.97 Å². The first kappa shape index (κ1) is 16.2. The molecule has 0 aliphatic heterocycles. The third-order valence-corrected chi connectivity index (χ3v) is 4.17. The largest absolute Gasteiger partial charge is 0.480 e. The Morgan fingerprint density at radius 2 is 1.92 bits per heavy atom. The fourth-order valence-corrected chi connectivity index (χ4v) is 3.21. The van der Waals surface area contributed by atoms with Crippen LogP contribution in [-0.2, 0) is 4.79 Å². The maximum Gasteiger partial charge on any atom is 0.322 e. The summed E-state index contributed by atoms with van der Waals surface area (Å²) in [6.45, 7) is 4.30. The highest BCUT2D eigenvalue weighted by molar-refractivity contribution is 6.02. The van der Waals surface area contributed by atoms with E-state index in [4.69, 9.17) is 10.1 Å². The lowest BCUT2D eigenvalue weighted by Crippen LogP contribution is -2.30. The fraction of sp³-hybridized carbons (Fsp3) is 0.300. The number of rotatable bonds is 4. The highest BCUT2D eigenvalue weighted by Crippen LogP contribution is 2.35. The number of hydrogen-bond acceptors (Lipinski definition) is 3. The minimum Gasteiger partial charge on any atom is -0.480 e. The number of hydrogen-bond donors (Lipinski definition) is 2. The van der Waals surface area contributed by atoms with Gasteiger partial charge in [-0.15, -0.1) is 0 Å². The van der Waals surface area contributed by atoms with E-state index in [1.807, 2.05) is 30.3 Å². The minimum atomic E-state index is -0.855. The first-order valence-corrected chi connectivity index (χ1v) is 8.14. The molecule has 0 saturated heterocycles. The lowest BCUT2D eigenvalue weighted by atomic mass is 9.78. The van der Waals surface area contributed by atoms with Crippen molar-refractivity contribution in [1.82, 2.24) is 5.32 Å². The summed E-state index contributed by atoms with van der Waals surface area (Å²) < 4.78 is 0.